The predicted molar refractivity (Wildman–Crippen MR) is 59.8 cm³/mol. The third kappa shape index (κ3) is 2.81. The van der Waals surface area contributed by atoms with Crippen LogP contribution in [0.5, 0.6) is 0 Å². The fourth-order valence-corrected chi connectivity index (χ4v) is 1.23. The van der Waals surface area contributed by atoms with Crippen LogP contribution in [0.15, 0.2) is 29.0 Å². The van der Waals surface area contributed by atoms with Crippen LogP contribution in [0.3, 0.4) is 0 Å². The summed E-state index contributed by atoms with van der Waals surface area (Å²) in [5.74, 6) is -1.11. The van der Waals surface area contributed by atoms with Gasteiger partial charge in [-0.25, -0.2) is 4.79 Å². The maximum Gasteiger partial charge on any atom is 0.357 e. The highest BCUT2D eigenvalue weighted by molar-refractivity contribution is 5.85. The number of hydrogen-bond acceptors (Lipinski definition) is 5. The predicted octanol–water partition coefficient (Wildman–Crippen LogP) is 1.69. The zero-order valence-electron chi connectivity index (χ0n) is 9.17. The molecular weight excluding hydrogens is 222 g/mol. The van der Waals surface area contributed by atoms with E-state index in [1.807, 2.05) is 19.1 Å². The molecule has 0 aliphatic rings. The van der Waals surface area contributed by atoms with E-state index in [9.17, 15) is 4.79 Å². The number of hydrogen-bond donors (Lipinski definition) is 2. The second kappa shape index (κ2) is 4.65. The van der Waals surface area contributed by atoms with Crippen molar-refractivity contribution in [3.8, 4) is 0 Å². The summed E-state index contributed by atoms with van der Waals surface area (Å²) in [7, 11) is 0. The summed E-state index contributed by atoms with van der Waals surface area (Å²) in [5.41, 5.74) is 1.79. The van der Waals surface area contributed by atoms with Crippen molar-refractivity contribution in [3.63, 3.8) is 0 Å². The highest BCUT2D eigenvalue weighted by Crippen LogP contribution is 2.09. The van der Waals surface area contributed by atoms with Crippen LogP contribution in [0.2, 0.25) is 0 Å². The van der Waals surface area contributed by atoms with E-state index in [-0.39, 0.29) is 11.7 Å². The third-order valence-corrected chi connectivity index (χ3v) is 2.14. The van der Waals surface area contributed by atoms with E-state index >= 15 is 0 Å². The molecule has 17 heavy (non-hydrogen) atoms. The van der Waals surface area contributed by atoms with Crippen molar-refractivity contribution in [1.82, 2.24) is 9.97 Å². The molecule has 6 heteroatoms. The third-order valence-electron chi connectivity index (χ3n) is 2.14. The first kappa shape index (κ1) is 11.1. The molecule has 6 nitrogen and oxygen atoms in total. The molecule has 0 saturated carbocycles. The van der Waals surface area contributed by atoms with Gasteiger partial charge >= 0.3 is 5.97 Å². The van der Waals surface area contributed by atoms with Gasteiger partial charge in [0, 0.05) is 18.4 Å². The van der Waals surface area contributed by atoms with Crippen molar-refractivity contribution in [2.75, 3.05) is 5.32 Å². The van der Waals surface area contributed by atoms with Gasteiger partial charge in [0.1, 0.15) is 6.26 Å². The maximum absolute atomic E-state index is 10.6. The van der Waals surface area contributed by atoms with Gasteiger partial charge in [0.05, 0.1) is 0 Å². The lowest BCUT2D eigenvalue weighted by atomic mass is 10.2. The summed E-state index contributed by atoms with van der Waals surface area (Å²) in [5, 5.41) is 11.5. The van der Waals surface area contributed by atoms with Crippen LogP contribution in [0.4, 0.5) is 6.01 Å². The Hall–Kier alpha value is -2.37. The van der Waals surface area contributed by atoms with Crippen LogP contribution in [-0.2, 0) is 6.54 Å². The molecule has 0 aliphatic heterocycles. The highest BCUT2D eigenvalue weighted by atomic mass is 16.4. The molecule has 0 saturated heterocycles. The molecule has 2 aromatic rings. The Labute approximate surface area is 97.3 Å². The lowest BCUT2D eigenvalue weighted by Gasteiger charge is -2.01. The largest absolute Gasteiger partial charge is 0.476 e. The molecule has 0 aromatic carbocycles. The number of aryl methyl sites for hydroxylation is 1. The number of aromatic nitrogens is 2. The van der Waals surface area contributed by atoms with Crippen molar-refractivity contribution >= 4 is 12.0 Å². The van der Waals surface area contributed by atoms with Gasteiger partial charge in [-0.1, -0.05) is 6.07 Å². The quantitative estimate of drug-likeness (QED) is 0.835. The molecule has 0 radical (unpaired) electrons. The Bertz CT molecular complexity index is 519. The van der Waals surface area contributed by atoms with Gasteiger partial charge in [-0.3, -0.25) is 4.98 Å². The fraction of sp³-hybridized carbons (Fsp3) is 0.182. The number of rotatable bonds is 4. The first-order valence-electron chi connectivity index (χ1n) is 4.99. The number of carboxylic acids is 1. The molecule has 88 valence electrons. The maximum atomic E-state index is 10.6. The van der Waals surface area contributed by atoms with E-state index in [2.05, 4.69) is 15.3 Å². The lowest BCUT2D eigenvalue weighted by molar-refractivity contribution is 0.0690. The molecule has 0 amide bonds. The number of anilines is 1. The molecule has 2 aromatic heterocycles. The topological polar surface area (TPSA) is 88.2 Å². The van der Waals surface area contributed by atoms with Gasteiger partial charge in [-0.2, -0.15) is 4.98 Å². The van der Waals surface area contributed by atoms with Crippen LogP contribution >= 0.6 is 0 Å². The smallest absolute Gasteiger partial charge is 0.357 e. The lowest BCUT2D eigenvalue weighted by Crippen LogP contribution is -2.01. The van der Waals surface area contributed by atoms with Gasteiger partial charge in [-0.05, 0) is 18.6 Å². The molecule has 2 heterocycles. The van der Waals surface area contributed by atoms with Gasteiger partial charge in [0.2, 0.25) is 0 Å². The first-order chi connectivity index (χ1) is 8.15. The Balaban J connectivity index is 1.97. The van der Waals surface area contributed by atoms with Gasteiger partial charge in [0.25, 0.3) is 6.01 Å². The summed E-state index contributed by atoms with van der Waals surface area (Å²) in [6.07, 6.45) is 2.83. The van der Waals surface area contributed by atoms with Crippen molar-refractivity contribution in [3.05, 3.63) is 41.5 Å². The fourth-order valence-electron chi connectivity index (χ4n) is 1.23. The van der Waals surface area contributed by atoms with Crippen molar-refractivity contribution in [1.29, 1.82) is 0 Å². The zero-order valence-corrected chi connectivity index (χ0v) is 9.17. The standard InChI is InChI=1S/C11H11N3O3/c1-7-2-3-8(4-12-7)5-13-11-14-9(6-17-11)10(15)16/h2-4,6H,5H2,1H3,(H,13,14)(H,15,16). The van der Waals surface area contributed by atoms with Crippen LogP contribution in [-0.4, -0.2) is 21.0 Å². The number of nitrogens with zero attached hydrogens (tertiary/aromatic N) is 2. The normalized spacial score (nSPS) is 10.2. The molecule has 0 spiro atoms. The second-order valence-electron chi connectivity index (χ2n) is 3.50. The Kier molecular flexibility index (Phi) is 3.04. The Morgan fingerprint density at radius 2 is 2.35 bits per heavy atom. The van der Waals surface area contributed by atoms with Crippen LogP contribution in [0.25, 0.3) is 0 Å². The van der Waals surface area contributed by atoms with E-state index in [0.29, 0.717) is 6.54 Å². The first-order valence-corrected chi connectivity index (χ1v) is 4.99. The average Bonchev–Trinajstić information content (AvgIpc) is 2.77. The Morgan fingerprint density at radius 3 is 2.94 bits per heavy atom. The molecule has 0 fully saturated rings. The number of aromatic carboxylic acids is 1. The van der Waals surface area contributed by atoms with Crippen LogP contribution < -0.4 is 5.32 Å². The van der Waals surface area contributed by atoms with Crippen LogP contribution in [0, 0.1) is 6.92 Å². The summed E-state index contributed by atoms with van der Waals surface area (Å²) in [4.78, 5) is 18.5. The molecule has 2 rings (SSSR count). The number of carboxylic acid groups (broad SMARTS) is 1. The van der Waals surface area contributed by atoms with E-state index in [4.69, 9.17) is 9.52 Å². The van der Waals surface area contributed by atoms with Crippen LogP contribution in [0.1, 0.15) is 21.7 Å². The number of nitrogens with one attached hydrogen (secondary N) is 1. The van der Waals surface area contributed by atoms with Gasteiger partial charge in [-0.15, -0.1) is 0 Å². The number of oxazole rings is 1. The van der Waals surface area contributed by atoms with Gasteiger partial charge in [0.15, 0.2) is 5.69 Å². The number of carbonyl (C=O) groups is 1. The molecule has 2 N–H and O–H groups in total. The SMILES string of the molecule is Cc1ccc(CNc2nc(C(=O)O)co2)cn1. The summed E-state index contributed by atoms with van der Waals surface area (Å²) in [6.45, 7) is 2.39. The molecule has 0 atom stereocenters. The molecule has 0 aliphatic carbocycles. The summed E-state index contributed by atoms with van der Waals surface area (Å²) < 4.78 is 4.95. The van der Waals surface area contributed by atoms with Crippen molar-refractivity contribution < 1.29 is 14.3 Å². The molecule has 0 unspecified atom stereocenters. The highest BCUT2D eigenvalue weighted by Gasteiger charge is 2.09. The van der Waals surface area contributed by atoms with Crippen molar-refractivity contribution in [2.45, 2.75) is 13.5 Å². The minimum atomic E-state index is -1.11. The zero-order chi connectivity index (χ0) is 12.3. The monoisotopic (exact) mass is 233 g/mol. The van der Waals surface area contributed by atoms with Gasteiger partial charge < -0.3 is 14.8 Å². The van der Waals surface area contributed by atoms with E-state index in [1.54, 1.807) is 6.20 Å². The molecular formula is C11H11N3O3. The van der Waals surface area contributed by atoms with E-state index < -0.39 is 5.97 Å². The average molecular weight is 233 g/mol. The van der Waals surface area contributed by atoms with E-state index in [1.165, 1.54) is 0 Å². The summed E-state index contributed by atoms with van der Waals surface area (Å²) >= 11 is 0. The Morgan fingerprint density at radius 1 is 1.53 bits per heavy atom. The van der Waals surface area contributed by atoms with E-state index in [0.717, 1.165) is 17.5 Å². The minimum Gasteiger partial charge on any atom is -0.476 e. The minimum absolute atomic E-state index is 0.116. The van der Waals surface area contributed by atoms with Crippen molar-refractivity contribution in [2.24, 2.45) is 0 Å². The second-order valence-corrected chi connectivity index (χ2v) is 3.50. The molecule has 0 bridgehead atoms. The number of pyridine rings is 1. The summed E-state index contributed by atoms with van der Waals surface area (Å²) in [6, 6.07) is 4.01.